The van der Waals surface area contributed by atoms with Gasteiger partial charge in [0.15, 0.2) is 5.78 Å². The van der Waals surface area contributed by atoms with Crippen LogP contribution in [0.25, 0.3) is 0 Å². The number of rotatable bonds is 6. The number of hydrogen-bond donors (Lipinski definition) is 1. The van der Waals surface area contributed by atoms with E-state index < -0.39 is 6.04 Å². The highest BCUT2D eigenvalue weighted by molar-refractivity contribution is 9.10. The Labute approximate surface area is 126 Å². The van der Waals surface area contributed by atoms with Gasteiger partial charge < -0.3 is 5.32 Å². The molecule has 0 spiro atoms. The standard InChI is InChI=1S/C14H18BrNO2S/c1-9(2)14(10(3)17)16-13(18)8-19-12-6-4-11(15)5-7-12/h4-7,9,14H,8H2,1-3H3,(H,16,18). The molecule has 5 heteroatoms. The molecule has 0 bridgehead atoms. The normalized spacial score (nSPS) is 12.3. The van der Waals surface area contributed by atoms with Gasteiger partial charge >= 0.3 is 0 Å². The molecule has 1 rings (SSSR count). The predicted molar refractivity (Wildman–Crippen MR) is 82.3 cm³/mol. The van der Waals surface area contributed by atoms with E-state index in [2.05, 4.69) is 21.2 Å². The average Bonchev–Trinajstić information content (AvgIpc) is 2.34. The van der Waals surface area contributed by atoms with E-state index in [9.17, 15) is 9.59 Å². The van der Waals surface area contributed by atoms with Gasteiger partial charge in [-0.2, -0.15) is 0 Å². The number of carbonyl (C=O) groups excluding carboxylic acids is 2. The van der Waals surface area contributed by atoms with Gasteiger partial charge in [-0.15, -0.1) is 11.8 Å². The number of carbonyl (C=O) groups is 2. The number of amides is 1. The van der Waals surface area contributed by atoms with Gasteiger partial charge in [0.1, 0.15) is 0 Å². The highest BCUT2D eigenvalue weighted by atomic mass is 79.9. The van der Waals surface area contributed by atoms with Crippen molar-refractivity contribution in [3.63, 3.8) is 0 Å². The molecule has 1 aromatic carbocycles. The van der Waals surface area contributed by atoms with Crippen LogP contribution >= 0.6 is 27.7 Å². The molecule has 0 aliphatic heterocycles. The fourth-order valence-corrected chi connectivity index (χ4v) is 2.61. The van der Waals surface area contributed by atoms with Crippen molar-refractivity contribution >= 4 is 39.4 Å². The van der Waals surface area contributed by atoms with E-state index in [1.807, 2.05) is 38.1 Å². The number of nitrogens with one attached hydrogen (secondary N) is 1. The van der Waals surface area contributed by atoms with Gasteiger partial charge in [-0.25, -0.2) is 0 Å². The van der Waals surface area contributed by atoms with Crippen molar-refractivity contribution in [3.8, 4) is 0 Å². The summed E-state index contributed by atoms with van der Waals surface area (Å²) in [5, 5.41) is 2.78. The van der Waals surface area contributed by atoms with Crippen LogP contribution in [0.4, 0.5) is 0 Å². The van der Waals surface area contributed by atoms with Crippen molar-refractivity contribution in [1.82, 2.24) is 5.32 Å². The number of benzene rings is 1. The van der Waals surface area contributed by atoms with Crippen molar-refractivity contribution in [1.29, 1.82) is 0 Å². The smallest absolute Gasteiger partial charge is 0.230 e. The van der Waals surface area contributed by atoms with Crippen molar-refractivity contribution in [2.75, 3.05) is 5.75 Å². The minimum absolute atomic E-state index is 0.00279. The van der Waals surface area contributed by atoms with E-state index in [1.165, 1.54) is 18.7 Å². The maximum absolute atomic E-state index is 11.8. The first-order valence-corrected chi connectivity index (χ1v) is 7.86. The third-order valence-corrected chi connectivity index (χ3v) is 4.15. The van der Waals surface area contributed by atoms with Gasteiger partial charge in [0.05, 0.1) is 11.8 Å². The van der Waals surface area contributed by atoms with E-state index >= 15 is 0 Å². The summed E-state index contributed by atoms with van der Waals surface area (Å²) in [4.78, 5) is 24.2. The van der Waals surface area contributed by atoms with Crippen molar-refractivity contribution in [2.45, 2.75) is 31.7 Å². The fraction of sp³-hybridized carbons (Fsp3) is 0.429. The molecule has 1 N–H and O–H groups in total. The number of Topliss-reactive ketones (excluding diaryl/α,β-unsaturated/α-hetero) is 1. The zero-order valence-corrected chi connectivity index (χ0v) is 13.7. The van der Waals surface area contributed by atoms with E-state index in [0.717, 1.165) is 9.37 Å². The van der Waals surface area contributed by atoms with Crippen LogP contribution in [0, 0.1) is 5.92 Å². The molecule has 104 valence electrons. The number of thioether (sulfide) groups is 1. The molecule has 0 saturated heterocycles. The van der Waals surface area contributed by atoms with E-state index in [1.54, 1.807) is 0 Å². The number of hydrogen-bond acceptors (Lipinski definition) is 3. The van der Waals surface area contributed by atoms with Gasteiger partial charge in [0.25, 0.3) is 0 Å². The highest BCUT2D eigenvalue weighted by Crippen LogP contribution is 2.20. The first-order chi connectivity index (χ1) is 8.90. The monoisotopic (exact) mass is 343 g/mol. The zero-order chi connectivity index (χ0) is 14.4. The molecule has 1 aromatic rings. The molecule has 0 fully saturated rings. The maximum Gasteiger partial charge on any atom is 0.230 e. The second-order valence-electron chi connectivity index (χ2n) is 4.64. The Morgan fingerprint density at radius 1 is 1.26 bits per heavy atom. The molecule has 1 amide bonds. The molecule has 19 heavy (non-hydrogen) atoms. The summed E-state index contributed by atoms with van der Waals surface area (Å²) in [7, 11) is 0. The SMILES string of the molecule is CC(=O)C(NC(=O)CSc1ccc(Br)cc1)C(C)C. The highest BCUT2D eigenvalue weighted by Gasteiger charge is 2.20. The van der Waals surface area contributed by atoms with Crippen LogP contribution in [0.3, 0.4) is 0 Å². The van der Waals surface area contributed by atoms with Gasteiger partial charge in [-0.3, -0.25) is 9.59 Å². The van der Waals surface area contributed by atoms with E-state index in [-0.39, 0.29) is 17.6 Å². The molecule has 0 saturated carbocycles. The average molecular weight is 344 g/mol. The largest absolute Gasteiger partial charge is 0.345 e. The molecule has 0 aromatic heterocycles. The summed E-state index contributed by atoms with van der Waals surface area (Å²) in [5.74, 6) is 0.316. The maximum atomic E-state index is 11.8. The van der Waals surface area contributed by atoms with Crippen molar-refractivity contribution in [2.24, 2.45) is 5.92 Å². The summed E-state index contributed by atoms with van der Waals surface area (Å²) >= 11 is 4.82. The molecule has 0 heterocycles. The van der Waals surface area contributed by atoms with Crippen LogP contribution in [-0.2, 0) is 9.59 Å². The lowest BCUT2D eigenvalue weighted by atomic mass is 10.0. The van der Waals surface area contributed by atoms with Gasteiger partial charge in [0, 0.05) is 9.37 Å². The predicted octanol–water partition coefficient (Wildman–Crippen LogP) is 3.27. The van der Waals surface area contributed by atoms with E-state index in [4.69, 9.17) is 0 Å². The zero-order valence-electron chi connectivity index (χ0n) is 11.3. The summed E-state index contributed by atoms with van der Waals surface area (Å²) < 4.78 is 1.01. The molecule has 0 radical (unpaired) electrons. The summed E-state index contributed by atoms with van der Waals surface area (Å²) in [6, 6.07) is 7.39. The van der Waals surface area contributed by atoms with Crippen LogP contribution in [0.5, 0.6) is 0 Å². The second kappa shape index (κ2) is 7.70. The quantitative estimate of drug-likeness (QED) is 0.806. The number of halogens is 1. The summed E-state index contributed by atoms with van der Waals surface area (Å²) in [5.41, 5.74) is 0. The van der Waals surface area contributed by atoms with Crippen LogP contribution < -0.4 is 5.32 Å². The third kappa shape index (κ3) is 5.78. The third-order valence-electron chi connectivity index (χ3n) is 2.60. The molecular formula is C14H18BrNO2S. The number of ketones is 1. The lowest BCUT2D eigenvalue weighted by molar-refractivity contribution is -0.126. The Hall–Kier alpha value is -0.810. The Morgan fingerprint density at radius 2 is 1.84 bits per heavy atom. The molecular weight excluding hydrogens is 326 g/mol. The Morgan fingerprint density at radius 3 is 2.32 bits per heavy atom. The van der Waals surface area contributed by atoms with E-state index in [0.29, 0.717) is 5.75 Å². The molecule has 1 atom stereocenters. The molecule has 0 aliphatic carbocycles. The topological polar surface area (TPSA) is 46.2 Å². The van der Waals surface area contributed by atoms with Gasteiger partial charge in [0.2, 0.25) is 5.91 Å². The molecule has 3 nitrogen and oxygen atoms in total. The van der Waals surface area contributed by atoms with Gasteiger partial charge in [-0.1, -0.05) is 29.8 Å². The first kappa shape index (κ1) is 16.2. The minimum Gasteiger partial charge on any atom is -0.345 e. The Kier molecular flexibility index (Phi) is 6.58. The molecule has 0 aliphatic rings. The van der Waals surface area contributed by atoms with Crippen molar-refractivity contribution < 1.29 is 9.59 Å². The lowest BCUT2D eigenvalue weighted by Crippen LogP contribution is -2.44. The Bertz CT molecular complexity index is 445. The van der Waals surface area contributed by atoms with Crippen LogP contribution in [0.1, 0.15) is 20.8 Å². The summed E-state index contributed by atoms with van der Waals surface area (Å²) in [6.45, 7) is 5.36. The minimum atomic E-state index is -0.391. The van der Waals surface area contributed by atoms with Crippen LogP contribution in [0.2, 0.25) is 0 Å². The van der Waals surface area contributed by atoms with Crippen LogP contribution in [0.15, 0.2) is 33.6 Å². The van der Waals surface area contributed by atoms with Gasteiger partial charge in [-0.05, 0) is 37.1 Å². The Balaban J connectivity index is 2.47. The van der Waals surface area contributed by atoms with Crippen LogP contribution in [-0.4, -0.2) is 23.5 Å². The van der Waals surface area contributed by atoms with Crippen molar-refractivity contribution in [3.05, 3.63) is 28.7 Å². The molecule has 1 unspecified atom stereocenters. The summed E-state index contributed by atoms with van der Waals surface area (Å²) in [6.07, 6.45) is 0. The second-order valence-corrected chi connectivity index (χ2v) is 6.61. The first-order valence-electron chi connectivity index (χ1n) is 6.08. The lowest BCUT2D eigenvalue weighted by Gasteiger charge is -2.19. The fourth-order valence-electron chi connectivity index (χ4n) is 1.63.